The molecule has 4 nitrogen and oxygen atoms in total. The summed E-state index contributed by atoms with van der Waals surface area (Å²) in [5.74, 6) is 1.51. The van der Waals surface area contributed by atoms with Crippen LogP contribution in [0.2, 0.25) is 10.0 Å². The molecule has 1 aromatic heterocycles. The second-order valence-corrected chi connectivity index (χ2v) is 8.75. The van der Waals surface area contributed by atoms with Gasteiger partial charge in [-0.25, -0.2) is 0 Å². The van der Waals surface area contributed by atoms with E-state index in [0.717, 1.165) is 29.1 Å². The van der Waals surface area contributed by atoms with Crippen molar-refractivity contribution in [2.24, 2.45) is 0 Å². The highest BCUT2D eigenvalue weighted by molar-refractivity contribution is 6.39. The molecule has 2 unspecified atom stereocenters. The summed E-state index contributed by atoms with van der Waals surface area (Å²) >= 11 is 12.9. The van der Waals surface area contributed by atoms with E-state index in [1.54, 1.807) is 0 Å². The zero-order valence-electron chi connectivity index (χ0n) is 15.0. The van der Waals surface area contributed by atoms with Crippen LogP contribution in [0.25, 0.3) is 11.3 Å². The molecule has 2 bridgehead atoms. The van der Waals surface area contributed by atoms with Gasteiger partial charge in [0.25, 0.3) is 0 Å². The maximum absolute atomic E-state index is 6.44. The lowest BCUT2D eigenvalue weighted by Crippen LogP contribution is -2.46. The lowest BCUT2D eigenvalue weighted by molar-refractivity contribution is 0.315. The predicted molar refractivity (Wildman–Crippen MR) is 111 cm³/mol. The average molecular weight is 429 g/mol. The zero-order valence-corrected chi connectivity index (χ0v) is 17.3. The fraction of sp³-hybridized carbons (Fsp3) is 0.550. The average Bonchev–Trinajstić information content (AvgIpc) is 3.30. The van der Waals surface area contributed by atoms with Crippen molar-refractivity contribution in [3.63, 3.8) is 0 Å². The fourth-order valence-electron chi connectivity index (χ4n) is 4.55. The Morgan fingerprint density at radius 3 is 2.37 bits per heavy atom. The van der Waals surface area contributed by atoms with Crippen LogP contribution in [0.5, 0.6) is 0 Å². The quantitative estimate of drug-likeness (QED) is 0.676. The molecule has 3 heterocycles. The van der Waals surface area contributed by atoms with Gasteiger partial charge in [-0.3, -0.25) is 0 Å². The molecule has 5 rings (SSSR count). The fourth-order valence-corrected chi connectivity index (χ4v) is 5.13. The van der Waals surface area contributed by atoms with Gasteiger partial charge in [0.2, 0.25) is 0 Å². The van der Waals surface area contributed by atoms with Crippen molar-refractivity contribution in [3.8, 4) is 11.3 Å². The van der Waals surface area contributed by atoms with Gasteiger partial charge in [0.1, 0.15) is 11.5 Å². The highest BCUT2D eigenvalue weighted by atomic mass is 35.5. The zero-order chi connectivity index (χ0) is 17.7. The van der Waals surface area contributed by atoms with E-state index in [1.807, 2.05) is 18.2 Å². The van der Waals surface area contributed by atoms with Crippen molar-refractivity contribution >= 4 is 35.6 Å². The molecule has 7 heteroatoms. The predicted octanol–water partition coefficient (Wildman–Crippen LogP) is 5.32. The van der Waals surface area contributed by atoms with Crippen LogP contribution in [-0.4, -0.2) is 23.3 Å². The van der Waals surface area contributed by atoms with Crippen LogP contribution < -0.4 is 10.6 Å². The largest absolute Gasteiger partial charge is 0.360 e. The van der Waals surface area contributed by atoms with Crippen molar-refractivity contribution in [1.29, 1.82) is 0 Å². The maximum Gasteiger partial charge on any atom is 0.144 e. The van der Waals surface area contributed by atoms with Gasteiger partial charge in [0, 0.05) is 41.7 Å². The van der Waals surface area contributed by atoms with Crippen LogP contribution in [0, 0.1) is 0 Å². The summed E-state index contributed by atoms with van der Waals surface area (Å²) in [6.07, 6.45) is 7.37. The van der Waals surface area contributed by atoms with Crippen molar-refractivity contribution < 1.29 is 4.52 Å². The molecule has 3 fully saturated rings. The molecule has 3 aliphatic rings. The Morgan fingerprint density at radius 2 is 1.74 bits per heavy atom. The van der Waals surface area contributed by atoms with Gasteiger partial charge in [-0.05, 0) is 50.7 Å². The number of nitrogens with zero attached hydrogens (tertiary/aromatic N) is 1. The molecule has 2 aliphatic heterocycles. The Morgan fingerprint density at radius 1 is 1.07 bits per heavy atom. The van der Waals surface area contributed by atoms with Crippen molar-refractivity contribution in [1.82, 2.24) is 15.8 Å². The highest BCUT2D eigenvalue weighted by Crippen LogP contribution is 2.46. The first-order valence-electron chi connectivity index (χ1n) is 9.61. The molecule has 1 saturated carbocycles. The van der Waals surface area contributed by atoms with Gasteiger partial charge in [-0.15, -0.1) is 12.4 Å². The Bertz CT molecular complexity index is 789. The van der Waals surface area contributed by atoms with E-state index >= 15 is 0 Å². The first kappa shape index (κ1) is 19.5. The summed E-state index contributed by atoms with van der Waals surface area (Å²) in [4.78, 5) is 0. The monoisotopic (exact) mass is 427 g/mol. The van der Waals surface area contributed by atoms with Gasteiger partial charge in [-0.1, -0.05) is 34.4 Å². The normalized spacial score (nSPS) is 26.8. The van der Waals surface area contributed by atoms with Gasteiger partial charge >= 0.3 is 0 Å². The van der Waals surface area contributed by atoms with Gasteiger partial charge in [0.05, 0.1) is 10.0 Å². The minimum absolute atomic E-state index is 0. The number of hydrogen-bond donors (Lipinski definition) is 2. The van der Waals surface area contributed by atoms with Gasteiger partial charge in [-0.2, -0.15) is 0 Å². The number of piperidine rings is 1. The topological polar surface area (TPSA) is 50.1 Å². The first-order chi connectivity index (χ1) is 12.7. The minimum Gasteiger partial charge on any atom is -0.360 e. The Labute approximate surface area is 175 Å². The summed E-state index contributed by atoms with van der Waals surface area (Å²) in [5, 5.41) is 13.1. The maximum atomic E-state index is 6.44. The number of halogens is 3. The van der Waals surface area contributed by atoms with E-state index in [0.29, 0.717) is 34.1 Å². The highest BCUT2D eigenvalue weighted by Gasteiger charge is 2.35. The number of hydrogen-bond acceptors (Lipinski definition) is 4. The summed E-state index contributed by atoms with van der Waals surface area (Å²) in [6, 6.07) is 7.47. The third kappa shape index (κ3) is 3.88. The number of rotatable bonds is 5. The molecule has 2 aromatic rings. The molecule has 146 valence electrons. The molecular weight excluding hydrogens is 405 g/mol. The van der Waals surface area contributed by atoms with E-state index in [9.17, 15) is 0 Å². The van der Waals surface area contributed by atoms with Crippen molar-refractivity contribution in [3.05, 3.63) is 39.6 Å². The summed E-state index contributed by atoms with van der Waals surface area (Å²) in [7, 11) is 0. The third-order valence-corrected chi connectivity index (χ3v) is 6.64. The number of nitrogens with one attached hydrogen (secondary N) is 2. The van der Waals surface area contributed by atoms with Gasteiger partial charge < -0.3 is 15.2 Å². The molecule has 2 atom stereocenters. The van der Waals surface area contributed by atoms with E-state index in [4.69, 9.17) is 27.7 Å². The van der Waals surface area contributed by atoms with Crippen molar-refractivity contribution in [2.75, 3.05) is 0 Å². The summed E-state index contributed by atoms with van der Waals surface area (Å²) in [6.45, 7) is 0.760. The van der Waals surface area contributed by atoms with Crippen LogP contribution in [0.1, 0.15) is 55.8 Å². The first-order valence-corrected chi connectivity index (χ1v) is 10.4. The molecule has 2 saturated heterocycles. The smallest absolute Gasteiger partial charge is 0.144 e. The lowest BCUT2D eigenvalue weighted by atomic mass is 9.98. The van der Waals surface area contributed by atoms with Crippen LogP contribution in [0.15, 0.2) is 22.7 Å². The molecule has 1 aliphatic carbocycles. The van der Waals surface area contributed by atoms with Gasteiger partial charge in [0.15, 0.2) is 0 Å². The molecule has 0 radical (unpaired) electrons. The molecule has 2 N–H and O–H groups in total. The molecule has 1 aromatic carbocycles. The third-order valence-electron chi connectivity index (χ3n) is 6.01. The van der Waals surface area contributed by atoms with Crippen molar-refractivity contribution in [2.45, 2.75) is 69.1 Å². The van der Waals surface area contributed by atoms with Crippen LogP contribution >= 0.6 is 35.6 Å². The van der Waals surface area contributed by atoms with Crippen LogP contribution in [0.4, 0.5) is 0 Å². The van der Waals surface area contributed by atoms with E-state index < -0.39 is 0 Å². The Balaban J connectivity index is 0.00000180. The number of fused-ring (bicyclic) bond motifs is 2. The molecule has 0 spiro atoms. The summed E-state index contributed by atoms with van der Waals surface area (Å²) in [5.41, 5.74) is 2.72. The van der Waals surface area contributed by atoms with Crippen LogP contribution in [0.3, 0.4) is 0 Å². The second-order valence-electron chi connectivity index (χ2n) is 7.93. The van der Waals surface area contributed by atoms with E-state index in [1.165, 1.54) is 38.5 Å². The van der Waals surface area contributed by atoms with Crippen LogP contribution in [-0.2, 0) is 6.54 Å². The SMILES string of the molecule is Cl.Clc1cccc(Cl)c1-c1noc(C2CC2)c1CNC1CC2CCC(C1)N2. The molecule has 0 amide bonds. The number of aromatic nitrogens is 1. The number of benzene rings is 1. The standard InChI is InChI=1S/C20H23Cl2N3O.ClH/c21-16-2-1-3-17(22)18(16)19-15(20(26-25-19)11-4-5-11)10-23-14-8-12-6-7-13(9-14)24-12;/h1-3,11-14,23-24H,4-10H2;1H. The summed E-state index contributed by atoms with van der Waals surface area (Å²) < 4.78 is 5.76. The Kier molecular flexibility index (Phi) is 5.73. The second kappa shape index (κ2) is 7.92. The minimum atomic E-state index is 0. The van der Waals surface area contributed by atoms with E-state index in [-0.39, 0.29) is 12.4 Å². The molecule has 27 heavy (non-hydrogen) atoms. The Hall–Kier alpha value is -0.780. The lowest BCUT2D eigenvalue weighted by Gasteiger charge is -2.30. The van der Waals surface area contributed by atoms with E-state index in [2.05, 4.69) is 15.8 Å². The molecular formula is C20H24Cl3N3O.